The molecule has 6 heteroatoms. The Morgan fingerprint density at radius 2 is 1.85 bits per heavy atom. The lowest BCUT2D eigenvalue weighted by Crippen LogP contribution is -2.39. The van der Waals surface area contributed by atoms with Gasteiger partial charge < -0.3 is 16.0 Å². The zero-order valence-electron chi connectivity index (χ0n) is 15.3. The summed E-state index contributed by atoms with van der Waals surface area (Å²) >= 11 is 0. The number of rotatable bonds is 5. The number of nitrogens with zero attached hydrogens (tertiary/aromatic N) is 1. The number of primary amides is 1. The van der Waals surface area contributed by atoms with E-state index in [0.29, 0.717) is 18.5 Å². The molecule has 1 aliphatic heterocycles. The normalized spacial score (nSPS) is 14.2. The molecule has 0 spiro atoms. The SMILES string of the molecule is CC(=O)NC(CC(=O)N1CCCc2c(C(N)=O)cccc21)c1ccccc1. The van der Waals surface area contributed by atoms with Gasteiger partial charge in [-0.3, -0.25) is 14.4 Å². The summed E-state index contributed by atoms with van der Waals surface area (Å²) in [6.07, 6.45) is 1.62. The van der Waals surface area contributed by atoms with Crippen molar-refractivity contribution in [3.05, 3.63) is 65.2 Å². The fourth-order valence-corrected chi connectivity index (χ4v) is 3.58. The van der Waals surface area contributed by atoms with Crippen LogP contribution in [0.4, 0.5) is 5.69 Å². The first-order valence-corrected chi connectivity index (χ1v) is 9.01. The minimum atomic E-state index is -0.485. The molecular formula is C21H23N3O3. The summed E-state index contributed by atoms with van der Waals surface area (Å²) in [4.78, 5) is 38.1. The van der Waals surface area contributed by atoms with Gasteiger partial charge in [0.1, 0.15) is 0 Å². The van der Waals surface area contributed by atoms with Crippen LogP contribution < -0.4 is 16.0 Å². The van der Waals surface area contributed by atoms with Crippen molar-refractivity contribution in [3.63, 3.8) is 0 Å². The lowest BCUT2D eigenvalue weighted by atomic mass is 9.95. The molecule has 0 saturated carbocycles. The van der Waals surface area contributed by atoms with Gasteiger partial charge in [0.05, 0.1) is 12.5 Å². The van der Waals surface area contributed by atoms with Crippen molar-refractivity contribution < 1.29 is 14.4 Å². The Kier molecular flexibility index (Phi) is 5.54. The molecule has 0 bridgehead atoms. The minimum Gasteiger partial charge on any atom is -0.366 e. The smallest absolute Gasteiger partial charge is 0.249 e. The summed E-state index contributed by atoms with van der Waals surface area (Å²) in [5.74, 6) is -0.770. The largest absolute Gasteiger partial charge is 0.366 e. The molecule has 6 nitrogen and oxygen atoms in total. The molecule has 3 amide bonds. The first-order chi connectivity index (χ1) is 13.0. The fourth-order valence-electron chi connectivity index (χ4n) is 3.58. The van der Waals surface area contributed by atoms with Crippen LogP contribution in [0.25, 0.3) is 0 Å². The average Bonchev–Trinajstić information content (AvgIpc) is 2.66. The third-order valence-corrected chi connectivity index (χ3v) is 4.78. The summed E-state index contributed by atoms with van der Waals surface area (Å²) in [7, 11) is 0. The van der Waals surface area contributed by atoms with Gasteiger partial charge in [-0.1, -0.05) is 36.4 Å². The Morgan fingerprint density at radius 1 is 1.11 bits per heavy atom. The molecule has 3 N–H and O–H groups in total. The zero-order chi connectivity index (χ0) is 19.4. The highest BCUT2D eigenvalue weighted by Crippen LogP contribution is 2.31. The fraction of sp³-hybridized carbons (Fsp3) is 0.286. The van der Waals surface area contributed by atoms with Gasteiger partial charge in [-0.15, -0.1) is 0 Å². The standard InChI is InChI=1S/C21H23N3O3/c1-14(25)23-18(15-7-3-2-4-8-15)13-20(26)24-12-6-10-16-17(21(22)27)9-5-11-19(16)24/h2-5,7-9,11,18H,6,10,12-13H2,1H3,(H2,22,27)(H,23,25). The average molecular weight is 365 g/mol. The van der Waals surface area contributed by atoms with Gasteiger partial charge in [0, 0.05) is 24.7 Å². The zero-order valence-corrected chi connectivity index (χ0v) is 15.3. The number of benzene rings is 2. The second-order valence-corrected chi connectivity index (χ2v) is 6.68. The third kappa shape index (κ3) is 4.16. The predicted octanol–water partition coefficient (Wildman–Crippen LogP) is 2.33. The summed E-state index contributed by atoms with van der Waals surface area (Å²) in [6.45, 7) is 2.02. The van der Waals surface area contributed by atoms with E-state index in [2.05, 4.69) is 5.32 Å². The van der Waals surface area contributed by atoms with Crippen molar-refractivity contribution in [1.82, 2.24) is 5.32 Å². The molecule has 140 valence electrons. The van der Waals surface area contributed by atoms with E-state index >= 15 is 0 Å². The Hall–Kier alpha value is -3.15. The number of hydrogen-bond donors (Lipinski definition) is 2. The molecule has 1 heterocycles. The van der Waals surface area contributed by atoms with Crippen LogP contribution >= 0.6 is 0 Å². The number of nitrogens with two attached hydrogens (primary N) is 1. The number of hydrogen-bond acceptors (Lipinski definition) is 3. The van der Waals surface area contributed by atoms with Gasteiger partial charge in [0.25, 0.3) is 0 Å². The highest BCUT2D eigenvalue weighted by Gasteiger charge is 2.27. The first kappa shape index (κ1) is 18.6. The van der Waals surface area contributed by atoms with E-state index in [0.717, 1.165) is 23.2 Å². The second kappa shape index (κ2) is 8.03. The monoisotopic (exact) mass is 365 g/mol. The van der Waals surface area contributed by atoms with Crippen LogP contribution in [0.15, 0.2) is 48.5 Å². The summed E-state index contributed by atoms with van der Waals surface area (Å²) < 4.78 is 0. The van der Waals surface area contributed by atoms with E-state index < -0.39 is 11.9 Å². The van der Waals surface area contributed by atoms with Gasteiger partial charge in [-0.25, -0.2) is 0 Å². The minimum absolute atomic E-state index is 0.0971. The van der Waals surface area contributed by atoms with Crippen LogP contribution in [0.1, 0.15) is 47.3 Å². The maximum atomic E-state index is 13.1. The molecule has 0 radical (unpaired) electrons. The van der Waals surface area contributed by atoms with E-state index in [4.69, 9.17) is 5.73 Å². The molecule has 1 aliphatic rings. The van der Waals surface area contributed by atoms with Crippen molar-refractivity contribution in [2.24, 2.45) is 5.73 Å². The van der Waals surface area contributed by atoms with Crippen molar-refractivity contribution in [1.29, 1.82) is 0 Å². The maximum absolute atomic E-state index is 13.1. The quantitative estimate of drug-likeness (QED) is 0.852. The van der Waals surface area contributed by atoms with Crippen LogP contribution in [0.3, 0.4) is 0 Å². The van der Waals surface area contributed by atoms with Gasteiger partial charge in [-0.2, -0.15) is 0 Å². The van der Waals surface area contributed by atoms with E-state index in [1.165, 1.54) is 6.92 Å². The van der Waals surface area contributed by atoms with Crippen molar-refractivity contribution >= 4 is 23.4 Å². The lowest BCUT2D eigenvalue weighted by molar-refractivity contribution is -0.121. The molecule has 0 aliphatic carbocycles. The molecular weight excluding hydrogens is 342 g/mol. The first-order valence-electron chi connectivity index (χ1n) is 9.01. The molecule has 2 aromatic rings. The van der Waals surface area contributed by atoms with E-state index in [9.17, 15) is 14.4 Å². The summed E-state index contributed by atoms with van der Waals surface area (Å²) in [5.41, 5.74) is 8.38. The number of carbonyl (C=O) groups is 3. The van der Waals surface area contributed by atoms with Crippen LogP contribution in [0.5, 0.6) is 0 Å². The summed E-state index contributed by atoms with van der Waals surface area (Å²) in [6, 6.07) is 14.3. The van der Waals surface area contributed by atoms with Gasteiger partial charge in [-0.05, 0) is 36.1 Å². The Labute approximate surface area is 158 Å². The Balaban J connectivity index is 1.87. The summed E-state index contributed by atoms with van der Waals surface area (Å²) in [5, 5.41) is 2.86. The predicted molar refractivity (Wildman–Crippen MR) is 103 cm³/mol. The molecule has 1 unspecified atom stereocenters. The molecule has 27 heavy (non-hydrogen) atoms. The highest BCUT2D eigenvalue weighted by molar-refractivity contribution is 6.00. The van der Waals surface area contributed by atoms with E-state index in [-0.39, 0.29) is 18.2 Å². The van der Waals surface area contributed by atoms with Gasteiger partial charge in [0.15, 0.2) is 0 Å². The number of carbonyl (C=O) groups excluding carboxylic acids is 3. The van der Waals surface area contributed by atoms with E-state index in [1.807, 2.05) is 36.4 Å². The van der Waals surface area contributed by atoms with Crippen LogP contribution in [-0.2, 0) is 16.0 Å². The molecule has 0 fully saturated rings. The van der Waals surface area contributed by atoms with Crippen LogP contribution in [0.2, 0.25) is 0 Å². The Morgan fingerprint density at radius 3 is 2.52 bits per heavy atom. The maximum Gasteiger partial charge on any atom is 0.249 e. The number of nitrogens with one attached hydrogen (secondary N) is 1. The number of anilines is 1. The van der Waals surface area contributed by atoms with Crippen LogP contribution in [-0.4, -0.2) is 24.3 Å². The number of fused-ring (bicyclic) bond motifs is 1. The van der Waals surface area contributed by atoms with Crippen molar-refractivity contribution in [2.75, 3.05) is 11.4 Å². The van der Waals surface area contributed by atoms with Crippen molar-refractivity contribution in [3.8, 4) is 0 Å². The molecule has 0 saturated heterocycles. The molecule has 2 aromatic carbocycles. The number of amides is 3. The molecule has 3 rings (SSSR count). The molecule has 1 atom stereocenters. The highest BCUT2D eigenvalue weighted by atomic mass is 16.2. The second-order valence-electron chi connectivity index (χ2n) is 6.68. The van der Waals surface area contributed by atoms with Crippen LogP contribution in [0, 0.1) is 0 Å². The van der Waals surface area contributed by atoms with Crippen molar-refractivity contribution in [2.45, 2.75) is 32.2 Å². The Bertz CT molecular complexity index is 864. The lowest BCUT2D eigenvalue weighted by Gasteiger charge is -2.32. The third-order valence-electron chi connectivity index (χ3n) is 4.78. The van der Waals surface area contributed by atoms with Gasteiger partial charge in [0.2, 0.25) is 17.7 Å². The molecule has 0 aromatic heterocycles. The topological polar surface area (TPSA) is 92.5 Å². The van der Waals surface area contributed by atoms with E-state index in [1.54, 1.807) is 17.0 Å². The van der Waals surface area contributed by atoms with Gasteiger partial charge >= 0.3 is 0 Å².